The SMILES string of the molecule is [2H]C([2H])([2H])c1ccc(C(O)(CO)C(F)(F)F)cc1-c1cnc(N)c(C(=O)NC23CCC(O)(CC2)C3)n1. The Hall–Kier alpha value is -2.76. The van der Waals surface area contributed by atoms with E-state index in [1.165, 1.54) is 0 Å². The van der Waals surface area contributed by atoms with Crippen LogP contribution >= 0.6 is 0 Å². The fourth-order valence-electron chi connectivity index (χ4n) is 4.70. The lowest BCUT2D eigenvalue weighted by Gasteiger charge is -2.29. The zero-order valence-corrected chi connectivity index (χ0v) is 17.4. The number of amides is 1. The zero-order chi connectivity index (χ0) is 26.7. The molecule has 1 aromatic carbocycles. The number of aryl methyl sites for hydroxylation is 1. The fourth-order valence-corrected chi connectivity index (χ4v) is 4.70. The van der Waals surface area contributed by atoms with Crippen LogP contribution in [0.15, 0.2) is 24.4 Å². The van der Waals surface area contributed by atoms with Crippen molar-refractivity contribution in [3.05, 3.63) is 41.2 Å². The Bertz CT molecular complexity index is 1200. The lowest BCUT2D eigenvalue weighted by Crippen LogP contribution is -2.45. The molecular formula is C22H25F3N4O4. The molecule has 2 bridgehead atoms. The number of anilines is 1. The molecule has 2 fully saturated rings. The molecule has 0 aliphatic heterocycles. The number of benzene rings is 1. The zero-order valence-electron chi connectivity index (χ0n) is 20.4. The molecule has 178 valence electrons. The Labute approximate surface area is 191 Å². The van der Waals surface area contributed by atoms with Crippen molar-refractivity contribution in [2.45, 2.75) is 61.9 Å². The van der Waals surface area contributed by atoms with E-state index >= 15 is 0 Å². The molecule has 0 radical (unpaired) electrons. The van der Waals surface area contributed by atoms with Crippen LogP contribution in [0, 0.1) is 6.85 Å². The first-order chi connectivity index (χ1) is 16.5. The summed E-state index contributed by atoms with van der Waals surface area (Å²) in [6, 6.07) is 2.38. The average molecular weight is 469 g/mol. The van der Waals surface area contributed by atoms with Crippen molar-refractivity contribution in [2.75, 3.05) is 12.3 Å². The van der Waals surface area contributed by atoms with Gasteiger partial charge >= 0.3 is 6.18 Å². The molecule has 2 aliphatic rings. The molecule has 2 aliphatic carbocycles. The number of aliphatic hydroxyl groups is 3. The van der Waals surface area contributed by atoms with Gasteiger partial charge in [0.05, 0.1) is 24.1 Å². The minimum absolute atomic E-state index is 0.267. The number of nitrogens with two attached hydrogens (primary N) is 1. The lowest BCUT2D eigenvalue weighted by molar-refractivity contribution is -0.277. The number of fused-ring (bicyclic) bond motifs is 2. The van der Waals surface area contributed by atoms with E-state index in [0.29, 0.717) is 32.1 Å². The van der Waals surface area contributed by atoms with Gasteiger partial charge in [0.1, 0.15) is 0 Å². The Kier molecular flexibility index (Phi) is 4.56. The van der Waals surface area contributed by atoms with Gasteiger partial charge in [-0.05, 0) is 56.1 Å². The molecule has 8 nitrogen and oxygen atoms in total. The molecule has 0 saturated heterocycles. The maximum Gasteiger partial charge on any atom is 0.423 e. The smallest absolute Gasteiger partial charge is 0.393 e. The maximum atomic E-state index is 13.5. The summed E-state index contributed by atoms with van der Waals surface area (Å²) in [7, 11) is 0. The first-order valence-corrected chi connectivity index (χ1v) is 10.3. The first kappa shape index (κ1) is 19.7. The fraction of sp³-hybridized carbons (Fsp3) is 0.500. The van der Waals surface area contributed by atoms with Crippen LogP contribution in [0.25, 0.3) is 11.3 Å². The minimum Gasteiger partial charge on any atom is -0.393 e. The van der Waals surface area contributed by atoms with Crippen molar-refractivity contribution in [3.8, 4) is 11.3 Å². The summed E-state index contributed by atoms with van der Waals surface area (Å²) in [6.45, 7) is -4.51. The number of hydrogen-bond donors (Lipinski definition) is 5. The highest BCUT2D eigenvalue weighted by atomic mass is 19.4. The Morgan fingerprint density at radius 1 is 1.30 bits per heavy atom. The number of nitrogen functional groups attached to an aromatic ring is 1. The van der Waals surface area contributed by atoms with Gasteiger partial charge in [-0.2, -0.15) is 13.2 Å². The van der Waals surface area contributed by atoms with Crippen molar-refractivity contribution in [1.29, 1.82) is 0 Å². The number of hydrogen-bond acceptors (Lipinski definition) is 7. The number of carbonyl (C=O) groups excluding carboxylic acids is 1. The highest BCUT2D eigenvalue weighted by Crippen LogP contribution is 2.50. The average Bonchev–Trinajstić information content (AvgIpc) is 3.29. The number of nitrogens with one attached hydrogen (secondary N) is 1. The summed E-state index contributed by atoms with van der Waals surface area (Å²) in [5, 5.41) is 32.8. The molecule has 1 unspecified atom stereocenters. The number of nitrogens with zero attached hydrogens (tertiary/aromatic N) is 2. The molecule has 2 saturated carbocycles. The van der Waals surface area contributed by atoms with Gasteiger partial charge in [0.2, 0.25) is 5.60 Å². The standard InChI is InChI=1S/C22H25F3N4O4/c1-12-2-3-13(21(33,11-30)22(23,24)25)8-14(12)15-9-27-17(26)16(28-15)18(31)29-19-4-6-20(32,10-19)7-5-19/h2-3,8-9,30,32-33H,4-7,10-11H2,1H3,(H2,26,27)(H,29,31)/i1D3. The molecule has 1 heterocycles. The molecule has 1 atom stereocenters. The summed E-state index contributed by atoms with van der Waals surface area (Å²) < 4.78 is 64.0. The van der Waals surface area contributed by atoms with Crippen molar-refractivity contribution < 1.29 is 37.4 Å². The van der Waals surface area contributed by atoms with E-state index in [2.05, 4.69) is 15.3 Å². The van der Waals surface area contributed by atoms with E-state index < -0.39 is 53.4 Å². The van der Waals surface area contributed by atoms with Crippen LogP contribution in [0.5, 0.6) is 0 Å². The third-order valence-electron chi connectivity index (χ3n) is 6.67. The van der Waals surface area contributed by atoms with Crippen molar-refractivity contribution >= 4 is 11.7 Å². The largest absolute Gasteiger partial charge is 0.423 e. The molecule has 1 aromatic heterocycles. The van der Waals surface area contributed by atoms with Gasteiger partial charge in [-0.3, -0.25) is 4.79 Å². The monoisotopic (exact) mass is 469 g/mol. The second kappa shape index (κ2) is 7.64. The van der Waals surface area contributed by atoms with Crippen LogP contribution in [-0.4, -0.2) is 55.1 Å². The van der Waals surface area contributed by atoms with Crippen molar-refractivity contribution in [2.24, 2.45) is 0 Å². The van der Waals surface area contributed by atoms with Gasteiger partial charge < -0.3 is 26.4 Å². The maximum absolute atomic E-state index is 13.5. The molecule has 33 heavy (non-hydrogen) atoms. The van der Waals surface area contributed by atoms with Crippen LogP contribution in [-0.2, 0) is 5.60 Å². The highest BCUT2D eigenvalue weighted by molar-refractivity contribution is 5.97. The van der Waals surface area contributed by atoms with E-state index in [1.807, 2.05) is 0 Å². The number of alkyl halides is 3. The second-order valence-corrected chi connectivity index (χ2v) is 8.90. The van der Waals surface area contributed by atoms with Gasteiger partial charge in [0.15, 0.2) is 11.5 Å². The molecular weight excluding hydrogens is 441 g/mol. The molecule has 4 rings (SSSR count). The van der Waals surface area contributed by atoms with E-state index in [9.17, 15) is 33.3 Å². The third-order valence-corrected chi connectivity index (χ3v) is 6.67. The van der Waals surface area contributed by atoms with Gasteiger partial charge in [0, 0.05) is 15.2 Å². The number of halogens is 3. The van der Waals surface area contributed by atoms with E-state index in [0.717, 1.165) is 24.4 Å². The quantitative estimate of drug-likeness (QED) is 0.451. The van der Waals surface area contributed by atoms with Gasteiger partial charge in [-0.25, -0.2) is 9.97 Å². The minimum atomic E-state index is -5.28. The molecule has 2 aromatic rings. The van der Waals surface area contributed by atoms with Crippen LogP contribution in [0.2, 0.25) is 0 Å². The number of aliphatic hydroxyl groups excluding tert-OH is 1. The first-order valence-electron chi connectivity index (χ1n) is 11.8. The van der Waals surface area contributed by atoms with Gasteiger partial charge in [-0.15, -0.1) is 0 Å². The van der Waals surface area contributed by atoms with Crippen LogP contribution in [0.3, 0.4) is 0 Å². The number of carbonyl (C=O) groups is 1. The van der Waals surface area contributed by atoms with E-state index in [-0.39, 0.29) is 22.8 Å². The van der Waals surface area contributed by atoms with Gasteiger partial charge in [-0.1, -0.05) is 12.1 Å². The molecule has 6 N–H and O–H groups in total. The Morgan fingerprint density at radius 2 is 2.00 bits per heavy atom. The van der Waals surface area contributed by atoms with Crippen LogP contribution in [0.4, 0.5) is 19.0 Å². The number of rotatable bonds is 5. The molecule has 1 amide bonds. The Morgan fingerprint density at radius 3 is 2.55 bits per heavy atom. The highest BCUT2D eigenvalue weighted by Gasteiger charge is 2.55. The molecule has 11 heteroatoms. The lowest BCUT2D eigenvalue weighted by atomic mass is 9.90. The number of aromatic nitrogens is 2. The Balaban J connectivity index is 1.78. The van der Waals surface area contributed by atoms with Gasteiger partial charge in [0.25, 0.3) is 5.91 Å². The topological polar surface area (TPSA) is 142 Å². The summed E-state index contributed by atoms with van der Waals surface area (Å²) in [5.74, 6) is -1.01. The summed E-state index contributed by atoms with van der Waals surface area (Å²) in [4.78, 5) is 21.1. The predicted octanol–water partition coefficient (Wildman–Crippen LogP) is 1.95. The van der Waals surface area contributed by atoms with E-state index in [1.54, 1.807) is 0 Å². The van der Waals surface area contributed by atoms with Crippen molar-refractivity contribution in [3.63, 3.8) is 0 Å². The van der Waals surface area contributed by atoms with E-state index in [4.69, 9.17) is 9.85 Å². The summed E-state index contributed by atoms with van der Waals surface area (Å²) in [6.07, 6.45) is -1.76. The molecule has 0 spiro atoms. The summed E-state index contributed by atoms with van der Waals surface area (Å²) >= 11 is 0. The second-order valence-electron chi connectivity index (χ2n) is 8.90. The van der Waals surface area contributed by atoms with Crippen LogP contribution < -0.4 is 11.1 Å². The summed E-state index contributed by atoms with van der Waals surface area (Å²) in [5.41, 5.74) is -1.52. The van der Waals surface area contributed by atoms with Crippen molar-refractivity contribution in [1.82, 2.24) is 15.3 Å². The predicted molar refractivity (Wildman–Crippen MR) is 112 cm³/mol. The third kappa shape index (κ3) is 3.94. The van der Waals surface area contributed by atoms with Crippen LogP contribution in [0.1, 0.15) is 57.8 Å². The normalized spacial score (nSPS) is 28.0.